The Labute approximate surface area is 166 Å². The highest BCUT2D eigenvalue weighted by Crippen LogP contribution is 2.73. The summed E-state index contributed by atoms with van der Waals surface area (Å²) in [5.74, 6) is 1.48. The van der Waals surface area contributed by atoms with E-state index in [1.165, 1.54) is 6.92 Å². The number of hydrogen-bond donors (Lipinski definition) is 0. The lowest BCUT2D eigenvalue weighted by Gasteiger charge is -2.61. The number of carbonyl (C=O) groups excluding carboxylic acids is 3. The lowest BCUT2D eigenvalue weighted by Crippen LogP contribution is -2.63. The van der Waals surface area contributed by atoms with E-state index in [0.717, 1.165) is 38.5 Å². The first-order valence-corrected chi connectivity index (χ1v) is 11.0. The van der Waals surface area contributed by atoms with Crippen molar-refractivity contribution in [1.82, 2.24) is 0 Å². The molecule has 4 saturated carbocycles. The second-order valence-electron chi connectivity index (χ2n) is 10.7. The van der Waals surface area contributed by atoms with Crippen LogP contribution < -0.4 is 0 Å². The molecule has 5 rings (SSSR count). The van der Waals surface area contributed by atoms with Crippen LogP contribution in [0, 0.1) is 34.5 Å². The van der Waals surface area contributed by atoms with E-state index >= 15 is 0 Å². The molecule has 1 spiro atoms. The van der Waals surface area contributed by atoms with Gasteiger partial charge in [0.15, 0.2) is 5.78 Å². The van der Waals surface area contributed by atoms with Gasteiger partial charge in [-0.1, -0.05) is 13.8 Å². The minimum absolute atomic E-state index is 0.0676. The lowest BCUT2D eigenvalue weighted by molar-refractivity contribution is -0.193. The fourth-order valence-corrected chi connectivity index (χ4v) is 8.57. The number of carbonyl (C=O) groups is 3. The van der Waals surface area contributed by atoms with Crippen molar-refractivity contribution in [3.05, 3.63) is 0 Å². The van der Waals surface area contributed by atoms with E-state index in [4.69, 9.17) is 9.47 Å². The molecule has 1 saturated heterocycles. The summed E-state index contributed by atoms with van der Waals surface area (Å²) >= 11 is 0. The summed E-state index contributed by atoms with van der Waals surface area (Å²) in [5, 5.41) is 0. The molecule has 5 fully saturated rings. The van der Waals surface area contributed by atoms with Gasteiger partial charge < -0.3 is 9.47 Å². The van der Waals surface area contributed by atoms with Crippen LogP contribution in [0.4, 0.5) is 0 Å². The summed E-state index contributed by atoms with van der Waals surface area (Å²) < 4.78 is 12.1. The minimum Gasteiger partial charge on any atom is -0.462 e. The van der Waals surface area contributed by atoms with Gasteiger partial charge in [0.05, 0.1) is 0 Å². The molecule has 0 unspecified atom stereocenters. The van der Waals surface area contributed by atoms with Crippen LogP contribution in [0.5, 0.6) is 0 Å². The third-order valence-corrected chi connectivity index (χ3v) is 9.67. The number of epoxide rings is 1. The molecule has 0 aromatic rings. The molecule has 9 atom stereocenters. The van der Waals surface area contributed by atoms with Crippen molar-refractivity contribution in [3.63, 3.8) is 0 Å². The first-order valence-electron chi connectivity index (χ1n) is 11.0. The molecule has 5 nitrogen and oxygen atoms in total. The smallest absolute Gasteiger partial charge is 0.302 e. The molecule has 0 aromatic heterocycles. The van der Waals surface area contributed by atoms with E-state index in [1.807, 2.05) is 0 Å². The Morgan fingerprint density at radius 2 is 1.86 bits per heavy atom. The number of ketones is 2. The molecule has 154 valence electrons. The molecule has 0 N–H and O–H groups in total. The summed E-state index contributed by atoms with van der Waals surface area (Å²) in [6.07, 6.45) is 5.67. The predicted octanol–water partition coefficient (Wildman–Crippen LogP) is 3.48. The van der Waals surface area contributed by atoms with Crippen LogP contribution in [0.3, 0.4) is 0 Å². The van der Waals surface area contributed by atoms with E-state index in [2.05, 4.69) is 13.8 Å². The van der Waals surface area contributed by atoms with Gasteiger partial charge in [0, 0.05) is 30.6 Å². The van der Waals surface area contributed by atoms with Crippen LogP contribution in [0.2, 0.25) is 0 Å². The van der Waals surface area contributed by atoms with E-state index in [1.54, 1.807) is 6.92 Å². The largest absolute Gasteiger partial charge is 0.462 e. The standard InChI is InChI=1S/C23H32O5/c1-12(24)15-5-6-16-14-7-10-23-20(28-23)17(26)8-9-22(23,4)19(14)18(27-13(2)25)11-21(15,16)3/h14-16,18-20H,5-11H2,1-4H3/t14-,15-,16+,18+,19+,20+,21+,22-,23+/m0/s1. The van der Waals surface area contributed by atoms with E-state index in [-0.39, 0.29) is 58.0 Å². The Balaban J connectivity index is 1.57. The van der Waals surface area contributed by atoms with Crippen LogP contribution in [0.15, 0.2) is 0 Å². The molecule has 0 amide bonds. The maximum absolute atomic E-state index is 12.4. The van der Waals surface area contributed by atoms with Gasteiger partial charge in [-0.2, -0.15) is 0 Å². The Morgan fingerprint density at radius 3 is 2.54 bits per heavy atom. The van der Waals surface area contributed by atoms with Crippen molar-refractivity contribution in [2.75, 3.05) is 0 Å². The summed E-state index contributed by atoms with van der Waals surface area (Å²) in [6.45, 7) is 7.75. The number of ether oxygens (including phenoxy) is 2. The Hall–Kier alpha value is -1.23. The highest BCUT2D eigenvalue weighted by atomic mass is 16.6. The fraction of sp³-hybridized carbons (Fsp3) is 0.870. The highest BCUT2D eigenvalue weighted by Gasteiger charge is 2.78. The summed E-state index contributed by atoms with van der Waals surface area (Å²) in [5.41, 5.74) is -0.569. The number of Topliss-reactive ketones (excluding diaryl/α,β-unsaturated/α-hetero) is 2. The second-order valence-corrected chi connectivity index (χ2v) is 10.7. The molecule has 4 aliphatic carbocycles. The van der Waals surface area contributed by atoms with Gasteiger partial charge >= 0.3 is 5.97 Å². The molecular formula is C23H32O5. The van der Waals surface area contributed by atoms with Crippen LogP contribution in [-0.4, -0.2) is 35.3 Å². The molecule has 0 radical (unpaired) electrons. The number of hydrogen-bond acceptors (Lipinski definition) is 5. The van der Waals surface area contributed by atoms with Gasteiger partial charge in [-0.05, 0) is 62.7 Å². The predicted molar refractivity (Wildman–Crippen MR) is 101 cm³/mol. The SMILES string of the molecule is CC(=O)O[C@@H]1C[C@@]2(C)[C@H](CC[C@H]2C(C)=O)[C@@H]2CC[C@@]34O[C@@H]3C(=O)CC[C@@]4(C)[C@H]21. The molecule has 0 aromatic carbocycles. The van der Waals surface area contributed by atoms with Crippen molar-refractivity contribution in [2.45, 2.75) is 90.4 Å². The molecule has 28 heavy (non-hydrogen) atoms. The van der Waals surface area contributed by atoms with Crippen molar-refractivity contribution in [2.24, 2.45) is 34.5 Å². The summed E-state index contributed by atoms with van der Waals surface area (Å²) in [7, 11) is 0. The lowest BCUT2D eigenvalue weighted by atomic mass is 9.43. The molecular weight excluding hydrogens is 356 g/mol. The molecule has 1 heterocycles. The van der Waals surface area contributed by atoms with Crippen molar-refractivity contribution in [3.8, 4) is 0 Å². The summed E-state index contributed by atoms with van der Waals surface area (Å²) in [4.78, 5) is 36.8. The maximum Gasteiger partial charge on any atom is 0.302 e. The highest BCUT2D eigenvalue weighted by molar-refractivity contribution is 5.88. The topological polar surface area (TPSA) is 73.0 Å². The van der Waals surface area contributed by atoms with Crippen molar-refractivity contribution in [1.29, 1.82) is 0 Å². The van der Waals surface area contributed by atoms with E-state index in [9.17, 15) is 14.4 Å². The molecule has 5 heteroatoms. The van der Waals surface area contributed by atoms with Crippen LogP contribution in [0.1, 0.15) is 72.6 Å². The average Bonchev–Trinajstić information content (AvgIpc) is 3.25. The zero-order valence-electron chi connectivity index (χ0n) is 17.5. The minimum atomic E-state index is -0.339. The Bertz CT molecular complexity index is 760. The number of esters is 1. The number of rotatable bonds is 2. The first kappa shape index (κ1) is 18.8. The quantitative estimate of drug-likeness (QED) is 0.535. The van der Waals surface area contributed by atoms with Gasteiger partial charge in [-0.3, -0.25) is 14.4 Å². The van der Waals surface area contributed by atoms with E-state index in [0.29, 0.717) is 18.3 Å². The van der Waals surface area contributed by atoms with Gasteiger partial charge in [0.1, 0.15) is 23.6 Å². The molecule has 5 aliphatic rings. The van der Waals surface area contributed by atoms with Crippen LogP contribution in [0.25, 0.3) is 0 Å². The van der Waals surface area contributed by atoms with Gasteiger partial charge in [-0.25, -0.2) is 0 Å². The van der Waals surface area contributed by atoms with Crippen LogP contribution in [-0.2, 0) is 23.9 Å². The number of fused-ring (bicyclic) bond motifs is 4. The molecule has 1 aliphatic heterocycles. The monoisotopic (exact) mass is 388 g/mol. The summed E-state index contributed by atoms with van der Waals surface area (Å²) in [6, 6.07) is 0. The fourth-order valence-electron chi connectivity index (χ4n) is 8.57. The first-order chi connectivity index (χ1) is 13.1. The van der Waals surface area contributed by atoms with Crippen molar-refractivity contribution < 1.29 is 23.9 Å². The third kappa shape index (κ3) is 2.15. The zero-order chi connectivity index (χ0) is 20.1. The van der Waals surface area contributed by atoms with Crippen molar-refractivity contribution >= 4 is 17.5 Å². The Kier molecular flexibility index (Phi) is 3.81. The van der Waals surface area contributed by atoms with Gasteiger partial charge in [0.2, 0.25) is 0 Å². The maximum atomic E-state index is 12.4. The second kappa shape index (κ2) is 5.68. The average molecular weight is 389 g/mol. The Morgan fingerprint density at radius 1 is 1.11 bits per heavy atom. The zero-order valence-corrected chi connectivity index (χ0v) is 17.5. The molecule has 0 bridgehead atoms. The van der Waals surface area contributed by atoms with Gasteiger partial charge in [0.25, 0.3) is 0 Å². The van der Waals surface area contributed by atoms with Gasteiger partial charge in [-0.15, -0.1) is 0 Å². The van der Waals surface area contributed by atoms with E-state index < -0.39 is 0 Å². The van der Waals surface area contributed by atoms with Crippen LogP contribution >= 0.6 is 0 Å². The normalized spacial score (nSPS) is 54.1. The third-order valence-electron chi connectivity index (χ3n) is 9.67.